The van der Waals surface area contributed by atoms with Gasteiger partial charge in [0.15, 0.2) is 0 Å². The quantitative estimate of drug-likeness (QED) is 0.141. The molecule has 164 valence electrons. The number of likely N-dealkylation sites (N-methyl/N-ethyl adjacent to an activating group) is 1. The number of alkyl halides is 1. The Bertz CT molecular complexity index is 726. The van der Waals surface area contributed by atoms with E-state index >= 15 is 0 Å². The second-order valence-electron chi connectivity index (χ2n) is 6.36. The van der Waals surface area contributed by atoms with E-state index in [0.29, 0.717) is 33.0 Å². The van der Waals surface area contributed by atoms with Crippen molar-refractivity contribution in [3.05, 3.63) is 48.5 Å². The van der Waals surface area contributed by atoms with Gasteiger partial charge in [0.2, 0.25) is 0 Å². The van der Waals surface area contributed by atoms with Crippen LogP contribution in [0.4, 0.5) is 17.1 Å². The molecular weight excluding hydrogens is 497 g/mol. The molecule has 0 N–H and O–H groups in total. The predicted octanol–water partition coefficient (Wildman–Crippen LogP) is 5.03. The Morgan fingerprint density at radius 3 is 1.77 bits per heavy atom. The first-order chi connectivity index (χ1) is 14.7. The van der Waals surface area contributed by atoms with E-state index in [4.69, 9.17) is 18.9 Å². The molecule has 0 aromatic heterocycles. The van der Waals surface area contributed by atoms with E-state index in [2.05, 4.69) is 37.7 Å². The molecule has 0 saturated heterocycles. The fraction of sp³-hybridized carbons (Fsp3) is 0.455. The number of hydrogen-bond donors (Lipinski definition) is 0. The van der Waals surface area contributed by atoms with Crippen LogP contribution < -0.4 is 9.64 Å². The first-order valence-electron chi connectivity index (χ1n) is 9.89. The fourth-order valence-electron chi connectivity index (χ4n) is 2.47. The third kappa shape index (κ3) is 9.84. The average Bonchev–Trinajstić information content (AvgIpc) is 2.79. The van der Waals surface area contributed by atoms with Gasteiger partial charge in [-0.1, -0.05) is 22.6 Å². The second kappa shape index (κ2) is 15.1. The summed E-state index contributed by atoms with van der Waals surface area (Å²) in [4.78, 5) is 2.14. The molecule has 0 aliphatic rings. The van der Waals surface area contributed by atoms with Gasteiger partial charge in [0.05, 0.1) is 58.1 Å². The summed E-state index contributed by atoms with van der Waals surface area (Å²) in [6.45, 7) is 4.65. The fourth-order valence-corrected chi connectivity index (χ4v) is 2.78. The molecule has 0 amide bonds. The number of rotatable bonds is 15. The van der Waals surface area contributed by atoms with Crippen LogP contribution in [0, 0.1) is 0 Å². The van der Waals surface area contributed by atoms with E-state index in [1.54, 1.807) is 7.11 Å². The molecule has 0 radical (unpaired) electrons. The smallest absolute Gasteiger partial charge is 0.119 e. The van der Waals surface area contributed by atoms with Crippen LogP contribution >= 0.6 is 22.6 Å². The van der Waals surface area contributed by atoms with Crippen LogP contribution in [0.5, 0.6) is 5.75 Å². The zero-order valence-corrected chi connectivity index (χ0v) is 19.8. The van der Waals surface area contributed by atoms with Crippen molar-refractivity contribution in [3.8, 4) is 5.75 Å². The molecule has 2 rings (SSSR count). The van der Waals surface area contributed by atoms with Crippen molar-refractivity contribution in [1.82, 2.24) is 0 Å². The van der Waals surface area contributed by atoms with Crippen LogP contribution in [0.3, 0.4) is 0 Å². The zero-order chi connectivity index (χ0) is 21.4. The Labute approximate surface area is 192 Å². The van der Waals surface area contributed by atoms with Gasteiger partial charge in [0.25, 0.3) is 0 Å². The summed E-state index contributed by atoms with van der Waals surface area (Å²) in [6.07, 6.45) is 0. The molecule has 0 unspecified atom stereocenters. The number of azo groups is 1. The SMILES string of the molecule is COc1ccc(N=Nc2ccc(N(C)CCOCCOCCOCCI)cc2)cc1. The van der Waals surface area contributed by atoms with Gasteiger partial charge >= 0.3 is 0 Å². The minimum absolute atomic E-state index is 0.588. The van der Waals surface area contributed by atoms with Crippen molar-refractivity contribution in [2.24, 2.45) is 10.2 Å². The topological polar surface area (TPSA) is 64.9 Å². The molecule has 2 aromatic carbocycles. The largest absolute Gasteiger partial charge is 0.497 e. The first kappa shape index (κ1) is 24.5. The number of benzene rings is 2. The molecule has 2 aromatic rings. The van der Waals surface area contributed by atoms with Crippen LogP contribution in [-0.4, -0.2) is 64.8 Å². The molecule has 0 aliphatic heterocycles. The molecule has 8 heteroatoms. The third-order valence-electron chi connectivity index (χ3n) is 4.18. The highest BCUT2D eigenvalue weighted by molar-refractivity contribution is 14.1. The molecule has 0 saturated carbocycles. The van der Waals surface area contributed by atoms with E-state index in [-0.39, 0.29) is 0 Å². The first-order valence-corrected chi connectivity index (χ1v) is 11.4. The zero-order valence-electron chi connectivity index (χ0n) is 17.6. The average molecular weight is 527 g/mol. The number of ether oxygens (including phenoxy) is 4. The minimum Gasteiger partial charge on any atom is -0.497 e. The Kier molecular flexibility index (Phi) is 12.4. The summed E-state index contributed by atoms with van der Waals surface area (Å²) in [7, 11) is 3.68. The maximum atomic E-state index is 5.63. The number of anilines is 1. The molecule has 0 bridgehead atoms. The van der Waals surface area contributed by atoms with Crippen LogP contribution in [0.15, 0.2) is 58.8 Å². The molecule has 0 fully saturated rings. The Balaban J connectivity index is 1.63. The normalized spacial score (nSPS) is 11.2. The van der Waals surface area contributed by atoms with Crippen molar-refractivity contribution in [1.29, 1.82) is 0 Å². The van der Waals surface area contributed by atoms with Gasteiger partial charge in [-0.05, 0) is 48.5 Å². The number of halogens is 1. The lowest BCUT2D eigenvalue weighted by molar-refractivity contribution is 0.0191. The van der Waals surface area contributed by atoms with Crippen molar-refractivity contribution >= 4 is 39.7 Å². The van der Waals surface area contributed by atoms with Gasteiger partial charge in [-0.25, -0.2) is 0 Å². The summed E-state index contributed by atoms with van der Waals surface area (Å²) in [5, 5.41) is 8.53. The Hall–Kier alpha value is -1.75. The molecule has 0 aliphatic carbocycles. The highest BCUT2D eigenvalue weighted by Gasteiger charge is 2.01. The Morgan fingerprint density at radius 1 is 0.733 bits per heavy atom. The van der Waals surface area contributed by atoms with Crippen LogP contribution in [0.25, 0.3) is 0 Å². The van der Waals surface area contributed by atoms with Crippen molar-refractivity contribution < 1.29 is 18.9 Å². The predicted molar refractivity (Wildman–Crippen MR) is 128 cm³/mol. The number of methoxy groups -OCH3 is 1. The van der Waals surface area contributed by atoms with Crippen LogP contribution in [0.2, 0.25) is 0 Å². The van der Waals surface area contributed by atoms with E-state index < -0.39 is 0 Å². The summed E-state index contributed by atoms with van der Waals surface area (Å²) in [6, 6.07) is 15.4. The number of nitrogens with zero attached hydrogens (tertiary/aromatic N) is 3. The van der Waals surface area contributed by atoms with Gasteiger partial charge in [-0.15, -0.1) is 0 Å². The minimum atomic E-state index is 0.588. The van der Waals surface area contributed by atoms with Crippen LogP contribution in [0.1, 0.15) is 0 Å². The van der Waals surface area contributed by atoms with Gasteiger partial charge in [0.1, 0.15) is 5.75 Å². The summed E-state index contributed by atoms with van der Waals surface area (Å²) in [5.41, 5.74) is 2.69. The molecule has 0 heterocycles. The van der Waals surface area contributed by atoms with E-state index in [1.807, 2.05) is 55.6 Å². The lowest BCUT2D eigenvalue weighted by Crippen LogP contribution is -2.23. The highest BCUT2D eigenvalue weighted by Crippen LogP contribution is 2.23. The summed E-state index contributed by atoms with van der Waals surface area (Å²) >= 11 is 2.29. The standard InChI is InChI=1S/C22H30IN3O4/c1-26(12-14-29-16-18-30-17-15-28-13-11-23)21-7-3-19(4-8-21)24-25-20-5-9-22(27-2)10-6-20/h3-10H,11-18H2,1-2H3. The van der Waals surface area contributed by atoms with Crippen LogP contribution in [-0.2, 0) is 14.2 Å². The lowest BCUT2D eigenvalue weighted by Gasteiger charge is -2.19. The number of hydrogen-bond acceptors (Lipinski definition) is 7. The maximum Gasteiger partial charge on any atom is 0.119 e. The Morgan fingerprint density at radius 2 is 1.23 bits per heavy atom. The van der Waals surface area contributed by atoms with E-state index in [0.717, 1.165) is 40.4 Å². The molecule has 0 atom stereocenters. The second-order valence-corrected chi connectivity index (χ2v) is 7.44. The molecule has 7 nitrogen and oxygen atoms in total. The van der Waals surface area contributed by atoms with Gasteiger partial charge < -0.3 is 23.8 Å². The van der Waals surface area contributed by atoms with Gasteiger partial charge in [0, 0.05) is 23.7 Å². The van der Waals surface area contributed by atoms with Gasteiger partial charge in [-0.2, -0.15) is 10.2 Å². The van der Waals surface area contributed by atoms with Crippen molar-refractivity contribution in [3.63, 3.8) is 0 Å². The maximum absolute atomic E-state index is 5.63. The van der Waals surface area contributed by atoms with Gasteiger partial charge in [-0.3, -0.25) is 0 Å². The monoisotopic (exact) mass is 527 g/mol. The summed E-state index contributed by atoms with van der Waals surface area (Å²) in [5.74, 6) is 0.801. The van der Waals surface area contributed by atoms with E-state index in [9.17, 15) is 0 Å². The van der Waals surface area contributed by atoms with Crippen molar-refractivity contribution in [2.45, 2.75) is 0 Å². The third-order valence-corrected chi connectivity index (χ3v) is 4.62. The molecular formula is C22H30IN3O4. The van der Waals surface area contributed by atoms with Crippen molar-refractivity contribution in [2.75, 3.05) is 69.7 Å². The molecule has 30 heavy (non-hydrogen) atoms. The summed E-state index contributed by atoms with van der Waals surface area (Å²) < 4.78 is 22.6. The highest BCUT2D eigenvalue weighted by atomic mass is 127. The lowest BCUT2D eigenvalue weighted by atomic mass is 10.2. The van der Waals surface area contributed by atoms with E-state index in [1.165, 1.54) is 0 Å². The molecule has 0 spiro atoms.